The van der Waals surface area contributed by atoms with E-state index < -0.39 is 150 Å². The SMILES string of the molecule is [2H]c1c([2H])c([2H])c2c(c1[2H])Oc1cc3c(c4c1B2c1c([2H])c([2H])c([2H])c([2H])c1S4)B1c2c(cc(C(C)(C)C)cc2N(c2c(-c4ccccc4)cc(C(C)(C)C)cc2-c2ccccc2)c2c([2H])c(-n4c5c([2H])c([2H])c([2H])c([2H])c5c5c([2H])c([2H])c([2H])c([2H])c54)c([2H])c([2H])c21)N3c1c(-c2ccccc2)cc(C(C)(C)C)cc1-c1ccccc1. The molecule has 466 valence electrons. The number of para-hydroxylation sites is 3. The van der Waals surface area contributed by atoms with Gasteiger partial charge in [0.25, 0.3) is 13.4 Å². The molecule has 0 N–H and O–H groups in total. The molecule has 4 aliphatic heterocycles. The fraction of sp³-hybridized carbons (Fsp3) is 0.133. The van der Waals surface area contributed by atoms with Crippen molar-refractivity contribution >= 4 is 114 Å². The molecule has 0 bridgehead atoms. The van der Waals surface area contributed by atoms with Gasteiger partial charge in [-0.1, -0.05) is 279 Å². The van der Waals surface area contributed by atoms with Gasteiger partial charge < -0.3 is 19.1 Å². The highest BCUT2D eigenvalue weighted by molar-refractivity contribution is 8.00. The Morgan fingerprint density at radius 1 is 0.371 bits per heavy atom. The highest BCUT2D eigenvalue weighted by Gasteiger charge is 2.51. The Morgan fingerprint density at radius 2 is 0.794 bits per heavy atom. The third-order valence-electron chi connectivity index (χ3n) is 19.6. The first kappa shape index (κ1) is 42.2. The van der Waals surface area contributed by atoms with E-state index >= 15 is 0 Å². The van der Waals surface area contributed by atoms with Crippen molar-refractivity contribution in [1.82, 2.24) is 4.57 Å². The van der Waals surface area contributed by atoms with Crippen molar-refractivity contribution in [3.63, 3.8) is 0 Å². The summed E-state index contributed by atoms with van der Waals surface area (Å²) in [6.07, 6.45) is 0. The summed E-state index contributed by atoms with van der Waals surface area (Å²) >= 11 is 1.03. The van der Waals surface area contributed by atoms with E-state index in [4.69, 9.17) is 7.48 Å². The number of fused-ring (bicyclic) bond motifs is 12. The van der Waals surface area contributed by atoms with Crippen molar-refractivity contribution in [2.75, 3.05) is 9.80 Å². The van der Waals surface area contributed by atoms with Crippen molar-refractivity contribution in [1.29, 1.82) is 0 Å². The number of benzene rings is 13. The van der Waals surface area contributed by atoms with Crippen LogP contribution in [0.15, 0.2) is 288 Å². The average molecular weight is 1290 g/mol. The monoisotopic (exact) mass is 1280 g/mol. The highest BCUT2D eigenvalue weighted by Crippen LogP contribution is 2.57. The average Bonchev–Trinajstić information content (AvgIpc) is 0.669. The lowest BCUT2D eigenvalue weighted by molar-refractivity contribution is 0.486. The van der Waals surface area contributed by atoms with Gasteiger partial charge in [0.1, 0.15) is 11.5 Å². The number of hydrogen-bond acceptors (Lipinski definition) is 4. The topological polar surface area (TPSA) is 20.6 Å². The van der Waals surface area contributed by atoms with Crippen molar-refractivity contribution < 1.29 is 30.8 Å². The first-order chi connectivity index (χ1) is 55.0. The molecule has 5 heterocycles. The Morgan fingerprint density at radius 3 is 1.29 bits per heavy atom. The van der Waals surface area contributed by atoms with Gasteiger partial charge >= 0.3 is 0 Å². The third-order valence-corrected chi connectivity index (χ3v) is 20.7. The standard InChI is InChI=1S/C90H73B2N3OS/c1-88(2,3)60-48-66(56-30-14-10-15-31-56)85(67(49-60)57-32-16-11-17-33-57)94-75-54-63(93-73-42-26-22-38-64(73)65-39-23-27-43-74(65)93)46-47-70(75)92-82-76(94)52-62(90(7,8)9)53-77(82)95(86-68(58-34-18-12-19-35-58)50-61(89(4,5)6)51-69(86)59-36-20-13-21-37-59)78-55-80-84-87(83(78)92)97-81-45-29-25-41-72(81)91(84)71-40-24-28-44-79(71)96-80/h10-55H,1-9H3/i22D,23D,24D,25D,26D,27D,28D,29D,38D,39D,40D,41D,42D,43D,44D,45D,46D,47D,54D. The van der Waals surface area contributed by atoms with Crippen LogP contribution in [0.5, 0.6) is 11.5 Å². The molecule has 0 unspecified atom stereocenters. The largest absolute Gasteiger partial charge is 0.458 e. The number of nitrogens with zero attached hydrogens (tertiary/aromatic N) is 3. The number of hydrogen-bond donors (Lipinski definition) is 0. The van der Waals surface area contributed by atoms with Gasteiger partial charge in [-0.2, -0.15) is 0 Å². The normalized spacial score (nSPS) is 16.3. The van der Waals surface area contributed by atoms with Gasteiger partial charge in [0.2, 0.25) is 0 Å². The predicted molar refractivity (Wildman–Crippen MR) is 414 cm³/mol. The summed E-state index contributed by atoms with van der Waals surface area (Å²) in [5.41, 5.74) is 9.38. The van der Waals surface area contributed by atoms with Gasteiger partial charge in [0.15, 0.2) is 0 Å². The zero-order valence-electron chi connectivity index (χ0n) is 73.9. The quantitative estimate of drug-likeness (QED) is 0.148. The van der Waals surface area contributed by atoms with Crippen LogP contribution in [0.3, 0.4) is 0 Å². The van der Waals surface area contributed by atoms with Crippen LogP contribution in [0, 0.1) is 0 Å². The highest BCUT2D eigenvalue weighted by atomic mass is 32.2. The van der Waals surface area contributed by atoms with Crippen LogP contribution in [-0.4, -0.2) is 18.0 Å². The van der Waals surface area contributed by atoms with Gasteiger partial charge in [-0.25, -0.2) is 0 Å². The minimum Gasteiger partial charge on any atom is -0.458 e. The maximum absolute atomic E-state index is 11.8. The summed E-state index contributed by atoms with van der Waals surface area (Å²) < 4.78 is 196. The molecule has 1 aromatic heterocycles. The van der Waals surface area contributed by atoms with E-state index in [9.17, 15) is 23.3 Å². The van der Waals surface area contributed by atoms with E-state index in [1.165, 1.54) is 0 Å². The second-order valence-corrected chi connectivity index (χ2v) is 29.5. The molecule has 18 rings (SSSR count). The van der Waals surface area contributed by atoms with Gasteiger partial charge in [-0.05, 0) is 155 Å². The van der Waals surface area contributed by atoms with E-state index in [2.05, 4.69) is 128 Å². The summed E-state index contributed by atoms with van der Waals surface area (Å²) in [5, 5.41) is -0.607. The fourth-order valence-electron chi connectivity index (χ4n) is 14.8. The van der Waals surface area contributed by atoms with Crippen molar-refractivity contribution in [2.24, 2.45) is 0 Å². The Kier molecular flexibility index (Phi) is 9.58. The Hall–Kier alpha value is -10.5. The third kappa shape index (κ3) is 9.36. The molecule has 0 amide bonds. The van der Waals surface area contributed by atoms with E-state index in [-0.39, 0.29) is 65.7 Å². The first-order valence-corrected chi connectivity index (χ1v) is 33.6. The maximum atomic E-state index is 11.8. The van der Waals surface area contributed by atoms with Crippen LogP contribution in [0.1, 0.15) is 105 Å². The van der Waals surface area contributed by atoms with Crippen LogP contribution >= 0.6 is 11.8 Å². The van der Waals surface area contributed by atoms with Crippen LogP contribution in [0.2, 0.25) is 0 Å². The first-order valence-electron chi connectivity index (χ1n) is 42.2. The second-order valence-electron chi connectivity index (χ2n) is 28.5. The molecule has 0 spiro atoms. The molecule has 97 heavy (non-hydrogen) atoms. The van der Waals surface area contributed by atoms with E-state index in [0.29, 0.717) is 55.4 Å². The molecule has 7 heteroatoms. The van der Waals surface area contributed by atoms with E-state index in [1.54, 1.807) is 0 Å². The fourth-order valence-corrected chi connectivity index (χ4v) is 16.0. The predicted octanol–water partition coefficient (Wildman–Crippen LogP) is 20.5. The number of ether oxygens (including phenoxy) is 1. The Labute approximate surface area is 601 Å². The molecular formula is C90H73B2N3OS. The minimum absolute atomic E-state index is 0.0192. The number of anilines is 6. The summed E-state index contributed by atoms with van der Waals surface area (Å²) in [6, 6.07) is 43.0. The van der Waals surface area contributed by atoms with Crippen LogP contribution in [-0.2, 0) is 16.2 Å². The van der Waals surface area contributed by atoms with Crippen molar-refractivity contribution in [2.45, 2.75) is 88.3 Å². The molecule has 13 aromatic carbocycles. The molecule has 0 saturated carbocycles. The van der Waals surface area contributed by atoms with Gasteiger partial charge in [-0.3, -0.25) is 0 Å². The van der Waals surface area contributed by atoms with Crippen molar-refractivity contribution in [3.05, 3.63) is 295 Å². The second kappa shape index (κ2) is 22.0. The molecule has 0 fully saturated rings. The van der Waals surface area contributed by atoms with Crippen LogP contribution in [0.4, 0.5) is 34.1 Å². The summed E-state index contributed by atoms with van der Waals surface area (Å²) in [7, 11) is 0. The number of aromatic nitrogens is 1. The molecule has 0 radical (unpaired) electrons. The number of rotatable bonds is 7. The van der Waals surface area contributed by atoms with Crippen LogP contribution < -0.4 is 47.3 Å². The smallest absolute Gasteiger partial charge is 0.253 e. The zero-order valence-corrected chi connectivity index (χ0v) is 55.7. The Balaban J connectivity index is 1.13. The van der Waals surface area contributed by atoms with E-state index in [1.807, 2.05) is 108 Å². The summed E-state index contributed by atoms with van der Waals surface area (Å²) in [4.78, 5) is 4.57. The lowest BCUT2D eigenvalue weighted by Crippen LogP contribution is -2.65. The molecule has 0 atom stereocenters. The van der Waals surface area contributed by atoms with Gasteiger partial charge in [0.05, 0.1) is 48.5 Å². The molecule has 14 aromatic rings. The molecule has 0 aliphatic carbocycles. The molecular weight excluding hydrogens is 1190 g/mol. The molecule has 4 nitrogen and oxygen atoms in total. The zero-order chi connectivity index (χ0) is 82.3. The molecule has 0 saturated heterocycles. The lowest BCUT2D eigenvalue weighted by Gasteiger charge is -2.48. The lowest BCUT2D eigenvalue weighted by atomic mass is 9.31. The summed E-state index contributed by atoms with van der Waals surface area (Å²) in [5.74, 6) is -0.172. The molecule has 4 aliphatic rings. The van der Waals surface area contributed by atoms with E-state index in [0.717, 1.165) is 66.4 Å². The maximum Gasteiger partial charge on any atom is 0.253 e. The van der Waals surface area contributed by atoms with Crippen LogP contribution in [0.25, 0.3) is 72.0 Å². The summed E-state index contributed by atoms with van der Waals surface area (Å²) in [6.45, 7) is 16.4. The Bertz CT molecular complexity index is 6510. The van der Waals surface area contributed by atoms with Gasteiger partial charge in [0, 0.05) is 77.3 Å². The van der Waals surface area contributed by atoms with Gasteiger partial charge in [-0.15, -0.1) is 0 Å². The minimum atomic E-state index is -1.40. The van der Waals surface area contributed by atoms with Crippen molar-refractivity contribution in [3.8, 4) is 61.7 Å².